The van der Waals surface area contributed by atoms with Gasteiger partial charge in [0, 0.05) is 31.6 Å². The lowest BCUT2D eigenvalue weighted by molar-refractivity contribution is -0.132. The first-order chi connectivity index (χ1) is 6.61. The summed E-state index contributed by atoms with van der Waals surface area (Å²) in [4.78, 5) is 14.5. The summed E-state index contributed by atoms with van der Waals surface area (Å²) in [5.74, 6) is -0.111. The molecule has 0 aliphatic carbocycles. The summed E-state index contributed by atoms with van der Waals surface area (Å²) >= 11 is 0. The average Bonchev–Trinajstić information content (AvgIpc) is 2.51. The van der Waals surface area contributed by atoms with Crippen LogP contribution >= 0.6 is 0 Å². The van der Waals surface area contributed by atoms with E-state index in [-0.39, 0.29) is 12.1 Å². The minimum absolute atomic E-state index is 0.152. The number of carboxylic acid groups (broad SMARTS) is 1. The summed E-state index contributed by atoms with van der Waals surface area (Å²) in [5, 5.41) is 11.5. The first kappa shape index (κ1) is 10.5. The van der Waals surface area contributed by atoms with Crippen molar-refractivity contribution in [3.05, 3.63) is 30.4 Å². The Balaban J connectivity index is 2.32. The highest BCUT2D eigenvalue weighted by molar-refractivity contribution is 5.86. The van der Waals surface area contributed by atoms with Crippen LogP contribution in [-0.4, -0.2) is 27.2 Å². The minimum Gasteiger partial charge on any atom is -0.478 e. The number of aromatic nitrogens is 2. The zero-order valence-electron chi connectivity index (χ0n) is 8.03. The van der Waals surface area contributed by atoms with Gasteiger partial charge in [0.15, 0.2) is 0 Å². The monoisotopic (exact) mass is 195 g/mol. The topological polar surface area (TPSA) is 67.2 Å². The summed E-state index contributed by atoms with van der Waals surface area (Å²) in [7, 11) is 1.88. The number of rotatable bonds is 5. The molecule has 5 nitrogen and oxygen atoms in total. The molecule has 0 spiro atoms. The molecule has 0 aromatic carbocycles. The molecule has 0 unspecified atom stereocenters. The number of imidazole rings is 1. The normalized spacial score (nSPS) is 10.1. The zero-order chi connectivity index (χ0) is 10.6. The Morgan fingerprint density at radius 3 is 3.00 bits per heavy atom. The number of aliphatic carboxylic acids is 1. The van der Waals surface area contributed by atoms with Crippen LogP contribution in [0.2, 0.25) is 0 Å². The van der Waals surface area contributed by atoms with Crippen molar-refractivity contribution in [2.24, 2.45) is 7.05 Å². The number of nitrogens with one attached hydrogen (secondary N) is 1. The van der Waals surface area contributed by atoms with Gasteiger partial charge in [0.1, 0.15) is 5.82 Å². The quantitative estimate of drug-likeness (QED) is 0.656. The molecule has 0 atom stereocenters. The molecule has 1 rings (SSSR count). The molecular weight excluding hydrogens is 182 g/mol. The molecule has 76 valence electrons. The maximum absolute atomic E-state index is 10.4. The lowest BCUT2D eigenvalue weighted by atomic mass is 10.3. The fourth-order valence-electron chi connectivity index (χ4n) is 0.968. The number of hydrogen-bond donors (Lipinski definition) is 2. The first-order valence-electron chi connectivity index (χ1n) is 4.19. The second kappa shape index (κ2) is 4.57. The zero-order valence-corrected chi connectivity index (χ0v) is 8.03. The Kier molecular flexibility index (Phi) is 3.41. The molecule has 5 heteroatoms. The smallest absolute Gasteiger partial charge is 0.332 e. The highest BCUT2D eigenvalue weighted by Crippen LogP contribution is 1.94. The molecule has 0 fully saturated rings. The van der Waals surface area contributed by atoms with Gasteiger partial charge in [-0.15, -0.1) is 0 Å². The van der Waals surface area contributed by atoms with Crippen LogP contribution in [0.3, 0.4) is 0 Å². The highest BCUT2D eigenvalue weighted by Gasteiger charge is 2.03. The van der Waals surface area contributed by atoms with E-state index in [4.69, 9.17) is 5.11 Å². The van der Waals surface area contributed by atoms with Crippen molar-refractivity contribution in [1.82, 2.24) is 14.9 Å². The van der Waals surface area contributed by atoms with Gasteiger partial charge < -0.3 is 15.0 Å². The lowest BCUT2D eigenvalue weighted by Crippen LogP contribution is -2.21. The van der Waals surface area contributed by atoms with Gasteiger partial charge >= 0.3 is 5.97 Å². The Morgan fingerprint density at radius 2 is 2.50 bits per heavy atom. The number of nitrogens with zero attached hydrogens (tertiary/aromatic N) is 2. The SMILES string of the molecule is C=C(CNCc1nccn1C)C(=O)O. The van der Waals surface area contributed by atoms with Crippen molar-refractivity contribution in [2.45, 2.75) is 6.54 Å². The molecule has 0 saturated heterocycles. The number of carboxylic acids is 1. The minimum atomic E-state index is -0.975. The third kappa shape index (κ3) is 2.70. The van der Waals surface area contributed by atoms with Crippen LogP contribution in [-0.2, 0) is 18.4 Å². The van der Waals surface area contributed by atoms with Gasteiger partial charge in [-0.3, -0.25) is 0 Å². The summed E-state index contributed by atoms with van der Waals surface area (Å²) < 4.78 is 1.87. The Morgan fingerprint density at radius 1 is 1.79 bits per heavy atom. The molecule has 0 aliphatic heterocycles. The second-order valence-corrected chi connectivity index (χ2v) is 2.97. The molecule has 1 heterocycles. The Bertz CT molecular complexity index is 344. The largest absolute Gasteiger partial charge is 0.478 e. The van der Waals surface area contributed by atoms with Crippen molar-refractivity contribution >= 4 is 5.97 Å². The predicted molar refractivity (Wildman–Crippen MR) is 51.7 cm³/mol. The fourth-order valence-corrected chi connectivity index (χ4v) is 0.968. The second-order valence-electron chi connectivity index (χ2n) is 2.97. The molecule has 0 bridgehead atoms. The van der Waals surface area contributed by atoms with E-state index in [0.717, 1.165) is 5.82 Å². The van der Waals surface area contributed by atoms with E-state index in [9.17, 15) is 4.79 Å². The molecule has 1 aromatic rings. The average molecular weight is 195 g/mol. The maximum Gasteiger partial charge on any atom is 0.332 e. The number of aryl methyl sites for hydroxylation is 1. The number of carbonyl (C=O) groups is 1. The molecule has 0 saturated carbocycles. The first-order valence-corrected chi connectivity index (χ1v) is 4.19. The molecule has 14 heavy (non-hydrogen) atoms. The third-order valence-electron chi connectivity index (χ3n) is 1.84. The van der Waals surface area contributed by atoms with E-state index in [1.165, 1.54) is 0 Å². The van der Waals surface area contributed by atoms with E-state index in [1.54, 1.807) is 6.20 Å². The fraction of sp³-hybridized carbons (Fsp3) is 0.333. The molecule has 0 aliphatic rings. The van der Waals surface area contributed by atoms with Crippen LogP contribution in [0.5, 0.6) is 0 Å². The summed E-state index contributed by atoms with van der Waals surface area (Å²) in [6.07, 6.45) is 3.53. The Hall–Kier alpha value is -1.62. The van der Waals surface area contributed by atoms with Crippen molar-refractivity contribution in [2.75, 3.05) is 6.54 Å². The van der Waals surface area contributed by atoms with Gasteiger partial charge in [0.2, 0.25) is 0 Å². The molecule has 2 N–H and O–H groups in total. The molecule has 0 radical (unpaired) electrons. The molecular formula is C9H13N3O2. The van der Waals surface area contributed by atoms with E-state index in [1.807, 2.05) is 17.8 Å². The lowest BCUT2D eigenvalue weighted by Gasteiger charge is -2.04. The van der Waals surface area contributed by atoms with Crippen molar-refractivity contribution < 1.29 is 9.90 Å². The molecule has 1 aromatic heterocycles. The standard InChI is InChI=1S/C9H13N3O2/c1-7(9(13)14)5-10-6-8-11-3-4-12(8)2/h3-4,10H,1,5-6H2,2H3,(H,13,14). The van der Waals surface area contributed by atoms with Gasteiger partial charge in [-0.2, -0.15) is 0 Å². The van der Waals surface area contributed by atoms with Crippen molar-refractivity contribution in [1.29, 1.82) is 0 Å². The van der Waals surface area contributed by atoms with Gasteiger partial charge in [-0.05, 0) is 0 Å². The van der Waals surface area contributed by atoms with Crippen molar-refractivity contribution in [3.8, 4) is 0 Å². The van der Waals surface area contributed by atoms with E-state index in [2.05, 4.69) is 16.9 Å². The predicted octanol–water partition coefficient (Wildman–Crippen LogP) is 0.150. The van der Waals surface area contributed by atoms with Crippen LogP contribution in [0, 0.1) is 0 Å². The van der Waals surface area contributed by atoms with E-state index in [0.29, 0.717) is 6.54 Å². The summed E-state index contributed by atoms with van der Waals surface area (Å²) in [6.45, 7) is 4.21. The number of hydrogen-bond acceptors (Lipinski definition) is 3. The van der Waals surface area contributed by atoms with Gasteiger partial charge in [-0.1, -0.05) is 6.58 Å². The van der Waals surface area contributed by atoms with E-state index >= 15 is 0 Å². The van der Waals surface area contributed by atoms with E-state index < -0.39 is 5.97 Å². The van der Waals surface area contributed by atoms with Crippen LogP contribution in [0.15, 0.2) is 24.5 Å². The van der Waals surface area contributed by atoms with Gasteiger partial charge in [-0.25, -0.2) is 9.78 Å². The highest BCUT2D eigenvalue weighted by atomic mass is 16.4. The van der Waals surface area contributed by atoms with Crippen LogP contribution in [0.25, 0.3) is 0 Å². The van der Waals surface area contributed by atoms with Gasteiger partial charge in [0.05, 0.1) is 6.54 Å². The summed E-state index contributed by atoms with van der Waals surface area (Å²) in [5.41, 5.74) is 0.152. The third-order valence-corrected chi connectivity index (χ3v) is 1.84. The van der Waals surface area contributed by atoms with Crippen LogP contribution in [0.1, 0.15) is 5.82 Å². The van der Waals surface area contributed by atoms with Crippen molar-refractivity contribution in [3.63, 3.8) is 0 Å². The Labute approximate surface area is 82.1 Å². The molecule has 0 amide bonds. The van der Waals surface area contributed by atoms with Crippen LogP contribution < -0.4 is 5.32 Å². The van der Waals surface area contributed by atoms with Gasteiger partial charge in [0.25, 0.3) is 0 Å². The van der Waals surface area contributed by atoms with Crippen LogP contribution in [0.4, 0.5) is 0 Å². The summed E-state index contributed by atoms with van der Waals surface area (Å²) in [6, 6.07) is 0. The maximum atomic E-state index is 10.4.